The Morgan fingerprint density at radius 3 is 2.72 bits per heavy atom. The van der Waals surface area contributed by atoms with Gasteiger partial charge >= 0.3 is 0 Å². The van der Waals surface area contributed by atoms with Crippen LogP contribution >= 0.6 is 0 Å². The van der Waals surface area contributed by atoms with E-state index in [9.17, 15) is 0 Å². The Kier molecular flexibility index (Phi) is 4.80. The van der Waals surface area contributed by atoms with Gasteiger partial charge in [-0.15, -0.1) is 0 Å². The minimum atomic E-state index is 0.421. The molecular weight excluding hydrogens is 226 g/mol. The topological polar surface area (TPSA) is 45.6 Å². The Balaban J connectivity index is 1.67. The molecule has 0 amide bonds. The highest BCUT2D eigenvalue weighted by atomic mass is 16.3. The number of rotatable bonds is 5. The molecule has 0 atom stereocenters. The van der Waals surface area contributed by atoms with E-state index in [1.807, 2.05) is 13.0 Å². The first-order valence-corrected chi connectivity index (χ1v) is 6.85. The molecule has 1 saturated heterocycles. The van der Waals surface area contributed by atoms with Crippen LogP contribution in [0.15, 0.2) is 16.5 Å². The van der Waals surface area contributed by atoms with Gasteiger partial charge < -0.3 is 15.1 Å². The first-order valence-electron chi connectivity index (χ1n) is 6.85. The number of likely N-dealkylation sites (N-methyl/N-ethyl adjacent to an activating group) is 1. The van der Waals surface area contributed by atoms with Crippen LogP contribution in [0.3, 0.4) is 0 Å². The summed E-state index contributed by atoms with van der Waals surface area (Å²) in [6, 6.07) is 4.51. The van der Waals surface area contributed by atoms with Gasteiger partial charge in [-0.2, -0.15) is 0 Å². The SMILES string of the molecule is Cc1ccc(CN(C)CCN2CCC(N)CC2)o1. The predicted molar refractivity (Wildman–Crippen MR) is 73.4 cm³/mol. The fraction of sp³-hybridized carbons (Fsp3) is 0.714. The molecule has 1 fully saturated rings. The first kappa shape index (κ1) is 13.6. The van der Waals surface area contributed by atoms with Crippen LogP contribution in [0.5, 0.6) is 0 Å². The van der Waals surface area contributed by atoms with Crippen LogP contribution in [0, 0.1) is 6.92 Å². The molecule has 0 unspecified atom stereocenters. The molecule has 1 aliphatic rings. The van der Waals surface area contributed by atoms with Crippen LogP contribution in [0.4, 0.5) is 0 Å². The van der Waals surface area contributed by atoms with E-state index in [0.29, 0.717) is 6.04 Å². The number of nitrogens with two attached hydrogens (primary N) is 1. The van der Waals surface area contributed by atoms with Crippen LogP contribution in [0.1, 0.15) is 24.4 Å². The molecule has 0 aliphatic carbocycles. The summed E-state index contributed by atoms with van der Waals surface area (Å²) in [5, 5.41) is 0. The van der Waals surface area contributed by atoms with Crippen molar-refractivity contribution >= 4 is 0 Å². The van der Waals surface area contributed by atoms with Gasteiger partial charge in [0.05, 0.1) is 6.54 Å². The van der Waals surface area contributed by atoms with E-state index in [-0.39, 0.29) is 0 Å². The van der Waals surface area contributed by atoms with Gasteiger partial charge in [-0.05, 0) is 52.0 Å². The van der Waals surface area contributed by atoms with E-state index in [2.05, 4.69) is 22.9 Å². The molecule has 2 heterocycles. The third-order valence-corrected chi connectivity index (χ3v) is 3.65. The van der Waals surface area contributed by atoms with Crippen molar-refractivity contribution in [3.63, 3.8) is 0 Å². The van der Waals surface area contributed by atoms with E-state index in [1.54, 1.807) is 0 Å². The average Bonchev–Trinajstić information content (AvgIpc) is 2.74. The van der Waals surface area contributed by atoms with Gasteiger partial charge in [0.2, 0.25) is 0 Å². The molecule has 1 aromatic rings. The van der Waals surface area contributed by atoms with Gasteiger partial charge in [0, 0.05) is 19.1 Å². The number of piperidine rings is 1. The quantitative estimate of drug-likeness (QED) is 0.860. The van der Waals surface area contributed by atoms with E-state index in [0.717, 1.165) is 57.1 Å². The lowest BCUT2D eigenvalue weighted by Crippen LogP contribution is -2.42. The van der Waals surface area contributed by atoms with Crippen molar-refractivity contribution in [1.29, 1.82) is 0 Å². The van der Waals surface area contributed by atoms with Crippen molar-refractivity contribution in [3.05, 3.63) is 23.7 Å². The van der Waals surface area contributed by atoms with Gasteiger partial charge in [0.25, 0.3) is 0 Å². The standard InChI is InChI=1S/C14H25N3O/c1-12-3-4-14(18-12)11-16(2)9-10-17-7-5-13(15)6-8-17/h3-4,13H,5-11,15H2,1-2H3. The molecule has 2 rings (SSSR count). The van der Waals surface area contributed by atoms with Gasteiger partial charge in [-0.3, -0.25) is 4.90 Å². The predicted octanol–water partition coefficient (Wildman–Crippen LogP) is 1.44. The van der Waals surface area contributed by atoms with E-state index < -0.39 is 0 Å². The summed E-state index contributed by atoms with van der Waals surface area (Å²) in [5.41, 5.74) is 5.91. The lowest BCUT2D eigenvalue weighted by Gasteiger charge is -2.31. The number of likely N-dealkylation sites (tertiary alicyclic amines) is 1. The summed E-state index contributed by atoms with van der Waals surface area (Å²) in [4.78, 5) is 4.82. The third-order valence-electron chi connectivity index (χ3n) is 3.65. The Morgan fingerprint density at radius 1 is 1.39 bits per heavy atom. The molecule has 0 aromatic carbocycles. The van der Waals surface area contributed by atoms with E-state index in [1.165, 1.54) is 0 Å². The Bertz CT molecular complexity index is 356. The van der Waals surface area contributed by atoms with Gasteiger partial charge in [-0.25, -0.2) is 0 Å². The summed E-state index contributed by atoms with van der Waals surface area (Å²) in [7, 11) is 2.15. The zero-order chi connectivity index (χ0) is 13.0. The average molecular weight is 251 g/mol. The van der Waals surface area contributed by atoms with Crippen molar-refractivity contribution in [2.45, 2.75) is 32.4 Å². The third kappa shape index (κ3) is 4.12. The van der Waals surface area contributed by atoms with Gasteiger partial charge in [-0.1, -0.05) is 0 Å². The number of aryl methyl sites for hydroxylation is 1. The molecule has 0 spiro atoms. The fourth-order valence-corrected chi connectivity index (χ4v) is 2.40. The maximum absolute atomic E-state index is 5.91. The summed E-state index contributed by atoms with van der Waals surface area (Å²) in [5.74, 6) is 2.04. The Morgan fingerprint density at radius 2 is 2.11 bits per heavy atom. The fourth-order valence-electron chi connectivity index (χ4n) is 2.40. The molecule has 4 heteroatoms. The summed E-state index contributed by atoms with van der Waals surface area (Å²) >= 11 is 0. The molecule has 0 saturated carbocycles. The Labute approximate surface area is 110 Å². The van der Waals surface area contributed by atoms with Crippen molar-refractivity contribution < 1.29 is 4.42 Å². The van der Waals surface area contributed by atoms with Crippen molar-refractivity contribution in [2.75, 3.05) is 33.2 Å². The zero-order valence-electron chi connectivity index (χ0n) is 11.6. The number of hydrogen-bond acceptors (Lipinski definition) is 4. The summed E-state index contributed by atoms with van der Waals surface area (Å²) in [6.07, 6.45) is 2.28. The first-order chi connectivity index (χ1) is 8.63. The minimum Gasteiger partial charge on any atom is -0.465 e. The zero-order valence-corrected chi connectivity index (χ0v) is 11.6. The van der Waals surface area contributed by atoms with Gasteiger partial charge in [0.1, 0.15) is 11.5 Å². The Hall–Kier alpha value is -0.840. The maximum atomic E-state index is 5.91. The molecule has 102 valence electrons. The summed E-state index contributed by atoms with van der Waals surface area (Å²) < 4.78 is 5.59. The molecule has 0 radical (unpaired) electrons. The second-order valence-corrected chi connectivity index (χ2v) is 5.43. The lowest BCUT2D eigenvalue weighted by atomic mass is 10.1. The van der Waals surface area contributed by atoms with Gasteiger partial charge in [0.15, 0.2) is 0 Å². The van der Waals surface area contributed by atoms with Crippen LogP contribution in [0.25, 0.3) is 0 Å². The highest BCUT2D eigenvalue weighted by Gasteiger charge is 2.16. The van der Waals surface area contributed by atoms with Crippen LogP contribution in [-0.2, 0) is 6.54 Å². The molecule has 0 bridgehead atoms. The number of nitrogens with zero attached hydrogens (tertiary/aromatic N) is 2. The minimum absolute atomic E-state index is 0.421. The van der Waals surface area contributed by atoms with E-state index >= 15 is 0 Å². The second-order valence-electron chi connectivity index (χ2n) is 5.43. The van der Waals surface area contributed by atoms with Crippen molar-refractivity contribution in [1.82, 2.24) is 9.80 Å². The normalized spacial score (nSPS) is 18.7. The molecule has 2 N–H and O–H groups in total. The smallest absolute Gasteiger partial charge is 0.118 e. The van der Waals surface area contributed by atoms with E-state index in [4.69, 9.17) is 10.2 Å². The molecule has 1 aromatic heterocycles. The lowest BCUT2D eigenvalue weighted by molar-refractivity contribution is 0.179. The monoisotopic (exact) mass is 251 g/mol. The largest absolute Gasteiger partial charge is 0.465 e. The summed E-state index contributed by atoms with van der Waals surface area (Å²) in [6.45, 7) is 7.38. The maximum Gasteiger partial charge on any atom is 0.118 e. The van der Waals surface area contributed by atoms with Crippen LogP contribution < -0.4 is 5.73 Å². The number of furan rings is 1. The molecular formula is C14H25N3O. The highest BCUT2D eigenvalue weighted by molar-refractivity contribution is 5.05. The second kappa shape index (κ2) is 6.36. The van der Waals surface area contributed by atoms with Crippen molar-refractivity contribution in [3.8, 4) is 0 Å². The highest BCUT2D eigenvalue weighted by Crippen LogP contribution is 2.10. The molecule has 4 nitrogen and oxygen atoms in total. The molecule has 1 aliphatic heterocycles. The number of hydrogen-bond donors (Lipinski definition) is 1. The van der Waals surface area contributed by atoms with Crippen LogP contribution in [-0.4, -0.2) is 49.1 Å². The van der Waals surface area contributed by atoms with Crippen LogP contribution in [0.2, 0.25) is 0 Å². The van der Waals surface area contributed by atoms with Crippen molar-refractivity contribution in [2.24, 2.45) is 5.73 Å². The molecule has 18 heavy (non-hydrogen) atoms.